The Morgan fingerprint density at radius 1 is 1.25 bits per heavy atom. The fraction of sp³-hybridized carbons (Fsp3) is 0.500. The van der Waals surface area contributed by atoms with Gasteiger partial charge in [-0.15, -0.1) is 0 Å². The van der Waals surface area contributed by atoms with Gasteiger partial charge >= 0.3 is 5.97 Å². The van der Waals surface area contributed by atoms with Crippen LogP contribution in [0.4, 0.5) is 5.82 Å². The zero-order valence-corrected chi connectivity index (χ0v) is 18.8. The molecule has 0 radical (unpaired) electrons. The van der Waals surface area contributed by atoms with Gasteiger partial charge in [-0.05, 0) is 67.7 Å². The largest absolute Gasteiger partial charge is 0.481 e. The number of hydrogen-bond acceptors (Lipinski definition) is 6. The lowest BCUT2D eigenvalue weighted by molar-refractivity contribution is -0.140. The van der Waals surface area contributed by atoms with Crippen LogP contribution < -0.4 is 10.5 Å². The molecule has 2 aromatic heterocycles. The number of aromatic nitrogens is 2. The maximum absolute atomic E-state index is 12.8. The number of amides is 1. The summed E-state index contributed by atoms with van der Waals surface area (Å²) in [4.78, 5) is 34.4. The highest BCUT2D eigenvalue weighted by Crippen LogP contribution is 2.27. The van der Waals surface area contributed by atoms with Gasteiger partial charge in [0.15, 0.2) is 0 Å². The Labute approximate surface area is 188 Å². The van der Waals surface area contributed by atoms with Crippen LogP contribution >= 0.6 is 0 Å². The number of methoxy groups -OCH3 is 1. The molecule has 1 amide bonds. The number of carbonyl (C=O) groups is 2. The number of aliphatic carboxylic acids is 1. The molecule has 8 heteroatoms. The number of aryl methyl sites for hydroxylation is 2. The monoisotopic (exact) mass is 440 g/mol. The number of rotatable bonds is 10. The molecule has 172 valence electrons. The van der Waals surface area contributed by atoms with E-state index < -0.39 is 12.0 Å². The van der Waals surface area contributed by atoms with Crippen LogP contribution in [0.15, 0.2) is 24.4 Å². The highest BCUT2D eigenvalue weighted by molar-refractivity contribution is 5.77. The Morgan fingerprint density at radius 2 is 2.03 bits per heavy atom. The second kappa shape index (κ2) is 10.9. The molecule has 0 saturated carbocycles. The number of carboxylic acid groups (broad SMARTS) is 1. The van der Waals surface area contributed by atoms with Crippen LogP contribution in [0, 0.1) is 0 Å². The van der Waals surface area contributed by atoms with Gasteiger partial charge in [0, 0.05) is 31.4 Å². The van der Waals surface area contributed by atoms with Crippen LogP contribution in [0.1, 0.15) is 67.0 Å². The van der Waals surface area contributed by atoms with E-state index in [1.54, 1.807) is 25.4 Å². The van der Waals surface area contributed by atoms with Crippen molar-refractivity contribution in [3.05, 3.63) is 46.8 Å². The summed E-state index contributed by atoms with van der Waals surface area (Å²) in [5, 5.41) is 9.34. The van der Waals surface area contributed by atoms with E-state index in [1.807, 2.05) is 6.07 Å². The minimum absolute atomic E-state index is 0.0883. The van der Waals surface area contributed by atoms with E-state index in [-0.39, 0.29) is 12.3 Å². The summed E-state index contributed by atoms with van der Waals surface area (Å²) in [6, 6.07) is 4.83. The van der Waals surface area contributed by atoms with Crippen molar-refractivity contribution in [2.45, 2.75) is 63.8 Å². The Hall–Kier alpha value is -3.16. The van der Waals surface area contributed by atoms with Gasteiger partial charge in [0.1, 0.15) is 5.82 Å². The lowest BCUT2D eigenvalue weighted by Crippen LogP contribution is -2.32. The fourth-order valence-corrected chi connectivity index (χ4v) is 4.33. The number of unbranched alkanes of at least 4 members (excludes halogenated alkanes) is 1. The summed E-state index contributed by atoms with van der Waals surface area (Å²) < 4.78 is 5.06. The first kappa shape index (κ1) is 23.5. The molecule has 0 unspecified atom stereocenters. The van der Waals surface area contributed by atoms with Crippen molar-refractivity contribution in [3.63, 3.8) is 0 Å². The molecule has 0 bridgehead atoms. The van der Waals surface area contributed by atoms with Crippen molar-refractivity contribution in [3.8, 4) is 5.88 Å². The highest BCUT2D eigenvalue weighted by atomic mass is 16.5. The standard InChI is InChI=1S/C24H32N4O4/c1-28(20(14-24(30)31)17-11-12-22(32-2)26-15-17)23(29)10-6-5-9-19-18-8-4-3-7-16(18)13-21(25)27-19/h11-13,15,20H,3-10,14H2,1-2H3,(H2,25,27)(H,30,31)/t20-/m1/s1. The molecular formula is C24H32N4O4. The quantitative estimate of drug-likeness (QED) is 0.544. The Balaban J connectivity index is 1.58. The number of nitrogens with zero attached hydrogens (tertiary/aromatic N) is 3. The second-order valence-corrected chi connectivity index (χ2v) is 8.30. The van der Waals surface area contributed by atoms with Crippen LogP contribution in [0.5, 0.6) is 5.88 Å². The molecule has 1 aliphatic rings. The predicted octanol–water partition coefficient (Wildman–Crippen LogP) is 3.33. The Bertz CT molecular complexity index is 946. The van der Waals surface area contributed by atoms with Crippen molar-refractivity contribution in [1.82, 2.24) is 14.9 Å². The lowest BCUT2D eigenvalue weighted by atomic mass is 9.89. The van der Waals surface area contributed by atoms with Crippen LogP contribution in [0.2, 0.25) is 0 Å². The maximum atomic E-state index is 12.8. The minimum atomic E-state index is -0.969. The molecule has 8 nitrogen and oxygen atoms in total. The third-order valence-corrected chi connectivity index (χ3v) is 6.08. The summed E-state index contributed by atoms with van der Waals surface area (Å²) in [6.07, 6.45) is 8.53. The normalized spacial score (nSPS) is 13.8. The van der Waals surface area contributed by atoms with Crippen molar-refractivity contribution in [1.29, 1.82) is 0 Å². The van der Waals surface area contributed by atoms with Crippen molar-refractivity contribution in [2.24, 2.45) is 0 Å². The smallest absolute Gasteiger partial charge is 0.305 e. The van der Waals surface area contributed by atoms with Gasteiger partial charge in [0.05, 0.1) is 19.6 Å². The number of carbonyl (C=O) groups excluding carboxylic acids is 1. The second-order valence-electron chi connectivity index (χ2n) is 8.30. The lowest BCUT2D eigenvalue weighted by Gasteiger charge is -2.27. The summed E-state index contributed by atoms with van der Waals surface area (Å²) in [6.45, 7) is 0. The van der Waals surface area contributed by atoms with E-state index in [0.29, 0.717) is 30.1 Å². The molecular weight excluding hydrogens is 408 g/mol. The first-order chi connectivity index (χ1) is 15.4. The molecule has 0 aromatic carbocycles. The molecule has 2 aromatic rings. The van der Waals surface area contributed by atoms with Gasteiger partial charge in [-0.25, -0.2) is 9.97 Å². The number of nitrogens with two attached hydrogens (primary N) is 1. The van der Waals surface area contributed by atoms with Gasteiger partial charge < -0.3 is 20.5 Å². The topological polar surface area (TPSA) is 119 Å². The third-order valence-electron chi connectivity index (χ3n) is 6.08. The molecule has 0 fully saturated rings. The van der Waals surface area contributed by atoms with E-state index in [4.69, 9.17) is 10.5 Å². The number of anilines is 1. The summed E-state index contributed by atoms with van der Waals surface area (Å²) >= 11 is 0. The van der Waals surface area contributed by atoms with Gasteiger partial charge in [0.2, 0.25) is 11.8 Å². The van der Waals surface area contributed by atoms with Crippen LogP contribution in [-0.4, -0.2) is 46.0 Å². The third kappa shape index (κ3) is 5.96. The molecule has 32 heavy (non-hydrogen) atoms. The SMILES string of the molecule is COc1ccc([C@@H](CC(=O)O)N(C)C(=O)CCCCc2nc(N)cc3c2CCCC3)cn1. The molecule has 0 spiro atoms. The Morgan fingerprint density at radius 3 is 2.72 bits per heavy atom. The van der Waals surface area contributed by atoms with E-state index in [1.165, 1.54) is 36.0 Å². The Kier molecular flexibility index (Phi) is 8.03. The number of ether oxygens (including phenoxy) is 1. The minimum Gasteiger partial charge on any atom is -0.481 e. The summed E-state index contributed by atoms with van der Waals surface area (Å²) in [5.41, 5.74) is 10.4. The summed E-state index contributed by atoms with van der Waals surface area (Å²) in [7, 11) is 3.16. The zero-order chi connectivity index (χ0) is 23.1. The van der Waals surface area contributed by atoms with Crippen LogP contribution in [0.3, 0.4) is 0 Å². The molecule has 1 atom stereocenters. The molecule has 3 rings (SSSR count). The number of hydrogen-bond donors (Lipinski definition) is 2. The average Bonchev–Trinajstić information content (AvgIpc) is 2.79. The fourth-order valence-electron chi connectivity index (χ4n) is 4.33. The van der Waals surface area contributed by atoms with Crippen molar-refractivity contribution >= 4 is 17.7 Å². The van der Waals surface area contributed by atoms with Gasteiger partial charge in [-0.1, -0.05) is 6.07 Å². The average molecular weight is 441 g/mol. The number of nitrogen functional groups attached to an aromatic ring is 1. The predicted molar refractivity (Wildman–Crippen MR) is 121 cm³/mol. The first-order valence-corrected chi connectivity index (χ1v) is 11.1. The van der Waals surface area contributed by atoms with Crippen LogP contribution in [0.25, 0.3) is 0 Å². The zero-order valence-electron chi connectivity index (χ0n) is 18.8. The van der Waals surface area contributed by atoms with Crippen molar-refractivity contribution < 1.29 is 19.4 Å². The molecule has 3 N–H and O–H groups in total. The maximum Gasteiger partial charge on any atom is 0.305 e. The molecule has 0 saturated heterocycles. The van der Waals surface area contributed by atoms with Gasteiger partial charge in [0.25, 0.3) is 0 Å². The van der Waals surface area contributed by atoms with E-state index in [0.717, 1.165) is 31.4 Å². The molecule has 2 heterocycles. The number of carboxylic acids is 1. The molecule has 1 aliphatic carbocycles. The summed E-state index contributed by atoms with van der Waals surface area (Å²) in [5.74, 6) is -0.0483. The molecule has 0 aliphatic heterocycles. The van der Waals surface area contributed by atoms with Gasteiger partial charge in [-0.3, -0.25) is 9.59 Å². The van der Waals surface area contributed by atoms with E-state index in [9.17, 15) is 14.7 Å². The van der Waals surface area contributed by atoms with Crippen molar-refractivity contribution in [2.75, 3.05) is 19.9 Å². The van der Waals surface area contributed by atoms with E-state index in [2.05, 4.69) is 9.97 Å². The number of fused-ring (bicyclic) bond motifs is 1. The number of pyridine rings is 2. The van der Waals surface area contributed by atoms with Crippen LogP contribution in [-0.2, 0) is 28.9 Å². The highest BCUT2D eigenvalue weighted by Gasteiger charge is 2.24. The van der Waals surface area contributed by atoms with E-state index >= 15 is 0 Å². The van der Waals surface area contributed by atoms with Gasteiger partial charge in [-0.2, -0.15) is 0 Å². The first-order valence-electron chi connectivity index (χ1n) is 11.1.